The van der Waals surface area contributed by atoms with Gasteiger partial charge in [-0.3, -0.25) is 0 Å². The molecule has 0 heterocycles. The van der Waals surface area contributed by atoms with Gasteiger partial charge in [0.05, 0.1) is 16.3 Å². The molecule has 0 spiro atoms. The van der Waals surface area contributed by atoms with Crippen LogP contribution >= 0.6 is 23.8 Å². The molecule has 1 aromatic carbocycles. The molecule has 0 amide bonds. The maximum atomic E-state index is 10.9. The summed E-state index contributed by atoms with van der Waals surface area (Å²) in [4.78, 5) is 10.9. The van der Waals surface area contributed by atoms with Crippen molar-refractivity contribution in [3.8, 4) is 0 Å². The molecule has 0 fully saturated rings. The molecule has 0 radical (unpaired) electrons. The largest absolute Gasteiger partial charge is 0.478 e. The summed E-state index contributed by atoms with van der Waals surface area (Å²) in [5, 5.41) is 15.7. The van der Waals surface area contributed by atoms with E-state index in [0.29, 0.717) is 15.8 Å². The third kappa shape index (κ3) is 4.50. The zero-order chi connectivity index (χ0) is 13.9. The van der Waals surface area contributed by atoms with Gasteiger partial charge in [0.2, 0.25) is 0 Å². The molecule has 0 atom stereocenters. The monoisotopic (exact) mass is 286 g/mol. The van der Waals surface area contributed by atoms with Gasteiger partial charge in [-0.05, 0) is 51.2 Å². The van der Waals surface area contributed by atoms with Gasteiger partial charge < -0.3 is 15.7 Å². The van der Waals surface area contributed by atoms with E-state index in [9.17, 15) is 4.79 Å². The molecule has 3 N–H and O–H groups in total. The van der Waals surface area contributed by atoms with Crippen LogP contribution in [0.5, 0.6) is 0 Å². The van der Waals surface area contributed by atoms with Crippen molar-refractivity contribution < 1.29 is 9.90 Å². The first kappa shape index (κ1) is 14.7. The number of anilines is 1. The lowest BCUT2D eigenvalue weighted by Crippen LogP contribution is -2.43. The topological polar surface area (TPSA) is 61.4 Å². The van der Waals surface area contributed by atoms with Crippen molar-refractivity contribution in [2.24, 2.45) is 0 Å². The van der Waals surface area contributed by atoms with Crippen LogP contribution in [-0.4, -0.2) is 21.7 Å². The Kier molecular flexibility index (Phi) is 4.53. The van der Waals surface area contributed by atoms with E-state index in [1.165, 1.54) is 18.2 Å². The van der Waals surface area contributed by atoms with Gasteiger partial charge >= 0.3 is 5.97 Å². The van der Waals surface area contributed by atoms with Crippen LogP contribution in [0.1, 0.15) is 31.1 Å². The summed E-state index contributed by atoms with van der Waals surface area (Å²) in [5.74, 6) is -1.01. The highest BCUT2D eigenvalue weighted by Gasteiger charge is 2.13. The van der Waals surface area contributed by atoms with Crippen LogP contribution in [0.25, 0.3) is 0 Å². The van der Waals surface area contributed by atoms with Crippen molar-refractivity contribution in [2.45, 2.75) is 26.3 Å². The van der Waals surface area contributed by atoms with E-state index in [2.05, 4.69) is 10.6 Å². The summed E-state index contributed by atoms with van der Waals surface area (Å²) in [6.07, 6.45) is 0. The quantitative estimate of drug-likeness (QED) is 0.729. The number of hydrogen-bond acceptors (Lipinski definition) is 2. The number of thiocarbonyl (C=S) groups is 1. The molecule has 4 nitrogen and oxygen atoms in total. The van der Waals surface area contributed by atoms with Crippen LogP contribution in [0.3, 0.4) is 0 Å². The first-order valence-electron chi connectivity index (χ1n) is 5.31. The molecule has 0 unspecified atom stereocenters. The minimum atomic E-state index is -1.01. The lowest BCUT2D eigenvalue weighted by atomic mass is 10.1. The third-order valence-corrected chi connectivity index (χ3v) is 2.48. The molecule has 1 rings (SSSR count). The van der Waals surface area contributed by atoms with Crippen LogP contribution in [0.4, 0.5) is 5.69 Å². The molecule has 0 bridgehead atoms. The van der Waals surface area contributed by atoms with Crippen molar-refractivity contribution >= 4 is 40.6 Å². The second-order valence-electron chi connectivity index (χ2n) is 4.83. The van der Waals surface area contributed by atoms with Crippen LogP contribution in [0.2, 0.25) is 5.02 Å². The Labute approximate surface area is 116 Å². The van der Waals surface area contributed by atoms with Crippen molar-refractivity contribution in [3.63, 3.8) is 0 Å². The average Bonchev–Trinajstić information content (AvgIpc) is 2.18. The minimum absolute atomic E-state index is 0.153. The molecule has 18 heavy (non-hydrogen) atoms. The standard InChI is InChI=1S/C12H15ClN2O2S/c1-12(2,3)15-11(18)14-9-6-7(10(16)17)4-5-8(9)13/h4-6H,1-3H3,(H,16,17)(H2,14,15,18). The number of nitrogens with one attached hydrogen (secondary N) is 2. The zero-order valence-corrected chi connectivity index (χ0v) is 11.9. The van der Waals surface area contributed by atoms with Crippen molar-refractivity contribution in [1.82, 2.24) is 5.32 Å². The van der Waals surface area contributed by atoms with Gasteiger partial charge in [0.15, 0.2) is 5.11 Å². The Balaban J connectivity index is 2.87. The molecule has 98 valence electrons. The highest BCUT2D eigenvalue weighted by Crippen LogP contribution is 2.23. The Morgan fingerprint density at radius 3 is 2.50 bits per heavy atom. The van der Waals surface area contributed by atoms with Crippen molar-refractivity contribution in [3.05, 3.63) is 28.8 Å². The SMILES string of the molecule is CC(C)(C)NC(=S)Nc1cc(C(=O)O)ccc1Cl. The summed E-state index contributed by atoms with van der Waals surface area (Å²) >= 11 is 11.1. The van der Waals surface area contributed by atoms with Crippen molar-refractivity contribution in [1.29, 1.82) is 0 Å². The van der Waals surface area contributed by atoms with E-state index in [0.717, 1.165) is 0 Å². The van der Waals surface area contributed by atoms with Crippen molar-refractivity contribution in [2.75, 3.05) is 5.32 Å². The van der Waals surface area contributed by atoms with Gasteiger partial charge in [-0.2, -0.15) is 0 Å². The van der Waals surface area contributed by atoms with E-state index < -0.39 is 5.97 Å². The van der Waals surface area contributed by atoms with Gasteiger partial charge in [0.1, 0.15) is 0 Å². The molecule has 0 aliphatic heterocycles. The fraction of sp³-hybridized carbons (Fsp3) is 0.333. The van der Waals surface area contributed by atoms with Gasteiger partial charge in [0, 0.05) is 5.54 Å². The van der Waals surface area contributed by atoms with Gasteiger partial charge in [-0.1, -0.05) is 11.6 Å². The fourth-order valence-electron chi connectivity index (χ4n) is 1.25. The lowest BCUT2D eigenvalue weighted by molar-refractivity contribution is 0.0697. The minimum Gasteiger partial charge on any atom is -0.478 e. The number of halogens is 1. The van der Waals surface area contributed by atoms with Gasteiger partial charge in [-0.15, -0.1) is 0 Å². The first-order chi connectivity index (χ1) is 8.19. The number of hydrogen-bond donors (Lipinski definition) is 3. The number of benzene rings is 1. The van der Waals surface area contributed by atoms with Gasteiger partial charge in [-0.25, -0.2) is 4.79 Å². The van der Waals surface area contributed by atoms with E-state index in [1.807, 2.05) is 20.8 Å². The molecule has 1 aromatic rings. The third-order valence-electron chi connectivity index (χ3n) is 1.95. The highest BCUT2D eigenvalue weighted by molar-refractivity contribution is 7.80. The molecule has 0 aliphatic carbocycles. The van der Waals surface area contributed by atoms with E-state index in [-0.39, 0.29) is 11.1 Å². The summed E-state index contributed by atoms with van der Waals surface area (Å²) in [5.41, 5.74) is 0.444. The molecule has 0 saturated heterocycles. The second kappa shape index (κ2) is 5.54. The predicted molar refractivity (Wildman–Crippen MR) is 77.5 cm³/mol. The Morgan fingerprint density at radius 2 is 2.00 bits per heavy atom. The lowest BCUT2D eigenvalue weighted by Gasteiger charge is -2.23. The molecule has 0 aromatic heterocycles. The summed E-state index contributed by atoms with van der Waals surface area (Å²) in [7, 11) is 0. The number of aromatic carboxylic acids is 1. The molecule has 0 saturated carbocycles. The number of rotatable bonds is 2. The van der Waals surface area contributed by atoms with Crippen LogP contribution in [-0.2, 0) is 0 Å². The number of carboxylic acid groups (broad SMARTS) is 1. The summed E-state index contributed by atoms with van der Waals surface area (Å²) in [6.45, 7) is 5.91. The second-order valence-corrected chi connectivity index (χ2v) is 5.64. The van der Waals surface area contributed by atoms with E-state index >= 15 is 0 Å². The normalized spacial score (nSPS) is 10.9. The molecule has 6 heteroatoms. The molecular formula is C12H15ClN2O2S. The zero-order valence-electron chi connectivity index (χ0n) is 10.4. The molecule has 0 aliphatic rings. The molecular weight excluding hydrogens is 272 g/mol. The fourth-order valence-corrected chi connectivity index (χ4v) is 1.83. The van der Waals surface area contributed by atoms with Crippen LogP contribution < -0.4 is 10.6 Å². The van der Waals surface area contributed by atoms with E-state index in [1.54, 1.807) is 0 Å². The first-order valence-corrected chi connectivity index (χ1v) is 6.10. The van der Waals surface area contributed by atoms with Gasteiger partial charge in [0.25, 0.3) is 0 Å². The number of carbonyl (C=O) groups is 1. The van der Waals surface area contributed by atoms with E-state index in [4.69, 9.17) is 28.9 Å². The summed E-state index contributed by atoms with van der Waals surface area (Å²) < 4.78 is 0. The maximum Gasteiger partial charge on any atom is 0.335 e. The average molecular weight is 287 g/mol. The highest BCUT2D eigenvalue weighted by atomic mass is 35.5. The Bertz CT molecular complexity index is 483. The Morgan fingerprint density at radius 1 is 1.39 bits per heavy atom. The maximum absolute atomic E-state index is 10.9. The predicted octanol–water partition coefficient (Wildman–Crippen LogP) is 3.12. The van der Waals surface area contributed by atoms with Crippen LogP contribution in [0, 0.1) is 0 Å². The summed E-state index contributed by atoms with van der Waals surface area (Å²) in [6, 6.07) is 4.41. The smallest absolute Gasteiger partial charge is 0.335 e. The Hall–Kier alpha value is -1.33. The van der Waals surface area contributed by atoms with Crippen LogP contribution in [0.15, 0.2) is 18.2 Å². The number of carboxylic acids is 1.